The molecule has 0 N–H and O–H groups in total. The number of alkyl halides is 3. The molecule has 0 atom stereocenters. The second kappa shape index (κ2) is 7.82. The summed E-state index contributed by atoms with van der Waals surface area (Å²) in [6.45, 7) is 1.11. The van der Waals surface area contributed by atoms with Gasteiger partial charge in [-0.15, -0.1) is 11.8 Å². The van der Waals surface area contributed by atoms with Crippen LogP contribution in [0.25, 0.3) is 0 Å². The topological polar surface area (TPSA) is 29.5 Å². The van der Waals surface area contributed by atoms with Gasteiger partial charge in [-0.1, -0.05) is 53.0 Å². The second-order valence-corrected chi connectivity index (χ2v) is 8.68. The third-order valence-corrected chi connectivity index (χ3v) is 4.78. The molecule has 1 saturated heterocycles. The molecule has 0 saturated carbocycles. The molecule has 0 radical (unpaired) electrons. The minimum Gasteiger partial charge on any atom is -0.445 e. The van der Waals surface area contributed by atoms with E-state index < -0.39 is 9.89 Å². The summed E-state index contributed by atoms with van der Waals surface area (Å²) < 4.78 is 3.43. The van der Waals surface area contributed by atoms with Crippen molar-refractivity contribution in [1.82, 2.24) is 4.90 Å². The van der Waals surface area contributed by atoms with Crippen molar-refractivity contribution in [3.63, 3.8) is 0 Å². The number of hydrogen-bond acceptors (Lipinski definition) is 3. The molecule has 0 unspecified atom stereocenters. The van der Waals surface area contributed by atoms with Crippen molar-refractivity contribution < 1.29 is 9.53 Å². The van der Waals surface area contributed by atoms with E-state index in [1.54, 1.807) is 4.90 Å². The van der Waals surface area contributed by atoms with Gasteiger partial charge < -0.3 is 9.64 Å². The van der Waals surface area contributed by atoms with Gasteiger partial charge in [0.1, 0.15) is 6.61 Å². The van der Waals surface area contributed by atoms with E-state index in [1.165, 1.54) is 4.90 Å². The molecule has 0 aliphatic carbocycles. The van der Waals surface area contributed by atoms with Gasteiger partial charge in [-0.3, -0.25) is 0 Å². The minimum absolute atomic E-state index is 0.227. The van der Waals surface area contributed by atoms with E-state index in [0.29, 0.717) is 18.3 Å². The predicted molar refractivity (Wildman–Crippen MR) is 88.5 cm³/mol. The number of hydrogen-bond donors (Lipinski definition) is 0. The van der Waals surface area contributed by atoms with Crippen LogP contribution in [0.1, 0.15) is 12.8 Å². The summed E-state index contributed by atoms with van der Waals surface area (Å²) in [6.07, 6.45) is 1.45. The average Bonchev–Trinajstić information content (AvgIpc) is 2.46. The molecule has 2 rings (SSSR count). The molecule has 1 aromatic carbocycles. The van der Waals surface area contributed by atoms with E-state index in [4.69, 9.17) is 39.5 Å². The fourth-order valence-electron chi connectivity index (χ4n) is 2.08. The number of halogens is 3. The molecular formula is C14H16Cl3NO2S. The lowest BCUT2D eigenvalue weighted by atomic mass is 10.1. The number of piperidine rings is 1. The molecule has 116 valence electrons. The highest BCUT2D eigenvalue weighted by Crippen LogP contribution is 2.30. The summed E-state index contributed by atoms with van der Waals surface area (Å²) in [5.41, 5.74) is 0. The Morgan fingerprint density at radius 1 is 1.24 bits per heavy atom. The van der Waals surface area contributed by atoms with Crippen molar-refractivity contribution in [2.24, 2.45) is 0 Å². The smallest absolute Gasteiger partial charge is 0.409 e. The molecule has 1 amide bonds. The van der Waals surface area contributed by atoms with Crippen LogP contribution in [-0.2, 0) is 4.74 Å². The van der Waals surface area contributed by atoms with Crippen molar-refractivity contribution in [2.75, 3.05) is 19.7 Å². The zero-order valence-electron chi connectivity index (χ0n) is 11.3. The molecule has 1 aliphatic heterocycles. The maximum Gasteiger partial charge on any atom is 0.409 e. The summed E-state index contributed by atoms with van der Waals surface area (Å²) >= 11 is 18.5. The van der Waals surface area contributed by atoms with Gasteiger partial charge in [-0.25, -0.2) is 4.79 Å². The summed E-state index contributed by atoms with van der Waals surface area (Å²) in [5.74, 6) is 0. The summed E-state index contributed by atoms with van der Waals surface area (Å²) in [6, 6.07) is 10.3. The first-order valence-electron chi connectivity index (χ1n) is 6.64. The van der Waals surface area contributed by atoms with Crippen molar-refractivity contribution >= 4 is 52.7 Å². The van der Waals surface area contributed by atoms with Gasteiger partial charge >= 0.3 is 6.09 Å². The standard InChI is InChI=1S/C14H16Cl3NO2S/c15-14(16,17)10-20-13(19)18-8-6-12(7-9-18)21-11-4-2-1-3-5-11/h1-5,12H,6-10H2. The highest BCUT2D eigenvalue weighted by Gasteiger charge is 2.27. The fraction of sp³-hybridized carbons (Fsp3) is 0.500. The van der Waals surface area contributed by atoms with Gasteiger partial charge in [0.25, 0.3) is 0 Å². The number of benzene rings is 1. The Kier molecular flexibility index (Phi) is 6.35. The van der Waals surface area contributed by atoms with E-state index >= 15 is 0 Å². The van der Waals surface area contributed by atoms with Crippen LogP contribution in [0.4, 0.5) is 4.79 Å². The summed E-state index contributed by atoms with van der Waals surface area (Å²) in [4.78, 5) is 14.8. The lowest BCUT2D eigenvalue weighted by Crippen LogP contribution is -2.40. The lowest BCUT2D eigenvalue weighted by Gasteiger charge is -2.31. The Morgan fingerprint density at radius 3 is 2.43 bits per heavy atom. The molecular weight excluding hydrogens is 353 g/mol. The van der Waals surface area contributed by atoms with E-state index in [9.17, 15) is 4.79 Å². The number of amides is 1. The highest BCUT2D eigenvalue weighted by atomic mass is 35.6. The van der Waals surface area contributed by atoms with Crippen LogP contribution in [0.2, 0.25) is 0 Å². The van der Waals surface area contributed by atoms with E-state index in [2.05, 4.69) is 12.1 Å². The monoisotopic (exact) mass is 367 g/mol. The van der Waals surface area contributed by atoms with Gasteiger partial charge in [-0.2, -0.15) is 0 Å². The second-order valence-electron chi connectivity index (χ2n) is 4.79. The zero-order valence-corrected chi connectivity index (χ0v) is 14.4. The fourth-order valence-corrected chi connectivity index (χ4v) is 3.39. The number of carbonyl (C=O) groups is 1. The number of nitrogens with zero attached hydrogens (tertiary/aromatic N) is 1. The van der Waals surface area contributed by atoms with Gasteiger partial charge in [-0.05, 0) is 25.0 Å². The van der Waals surface area contributed by atoms with Crippen LogP contribution in [-0.4, -0.2) is 39.7 Å². The Morgan fingerprint density at radius 2 is 1.86 bits per heavy atom. The SMILES string of the molecule is O=C(OCC(Cl)(Cl)Cl)N1CCC(Sc2ccccc2)CC1. The Balaban J connectivity index is 1.74. The molecule has 3 nitrogen and oxygen atoms in total. The van der Waals surface area contributed by atoms with E-state index in [0.717, 1.165) is 12.8 Å². The largest absolute Gasteiger partial charge is 0.445 e. The van der Waals surface area contributed by atoms with Crippen LogP contribution in [0, 0.1) is 0 Å². The van der Waals surface area contributed by atoms with Crippen molar-refractivity contribution in [2.45, 2.75) is 26.8 Å². The molecule has 1 aliphatic rings. The predicted octanol–water partition coefficient (Wildman–Crippen LogP) is 4.75. The van der Waals surface area contributed by atoms with Crippen LogP contribution >= 0.6 is 46.6 Å². The van der Waals surface area contributed by atoms with Gasteiger partial charge in [0.2, 0.25) is 3.79 Å². The Labute approximate surface area is 143 Å². The Hall–Kier alpha value is -0.290. The maximum absolute atomic E-state index is 11.8. The summed E-state index contributed by atoms with van der Waals surface area (Å²) in [7, 11) is 0. The first kappa shape index (κ1) is 17.1. The van der Waals surface area contributed by atoms with E-state index in [1.807, 2.05) is 30.0 Å². The molecule has 1 fully saturated rings. The lowest BCUT2D eigenvalue weighted by molar-refractivity contribution is 0.0975. The van der Waals surface area contributed by atoms with Crippen LogP contribution < -0.4 is 0 Å². The van der Waals surface area contributed by atoms with Gasteiger partial charge in [0, 0.05) is 23.2 Å². The molecule has 1 aromatic rings. The van der Waals surface area contributed by atoms with Gasteiger partial charge in [0.05, 0.1) is 0 Å². The molecule has 21 heavy (non-hydrogen) atoms. The van der Waals surface area contributed by atoms with Gasteiger partial charge in [0.15, 0.2) is 0 Å². The Bertz CT molecular complexity index is 459. The normalized spacial score (nSPS) is 16.8. The van der Waals surface area contributed by atoms with E-state index in [-0.39, 0.29) is 6.61 Å². The molecule has 7 heteroatoms. The minimum atomic E-state index is -1.56. The number of likely N-dealkylation sites (tertiary alicyclic amines) is 1. The zero-order chi connectivity index (χ0) is 15.3. The number of carbonyl (C=O) groups excluding carboxylic acids is 1. The maximum atomic E-state index is 11.8. The number of thioether (sulfide) groups is 1. The molecule has 0 bridgehead atoms. The first-order chi connectivity index (χ1) is 9.94. The first-order valence-corrected chi connectivity index (χ1v) is 8.65. The quantitative estimate of drug-likeness (QED) is 0.721. The van der Waals surface area contributed by atoms with Crippen molar-refractivity contribution in [1.29, 1.82) is 0 Å². The van der Waals surface area contributed by atoms with Crippen molar-refractivity contribution in [3.05, 3.63) is 30.3 Å². The molecule has 0 spiro atoms. The number of rotatable bonds is 3. The van der Waals surface area contributed by atoms with Crippen molar-refractivity contribution in [3.8, 4) is 0 Å². The van der Waals surface area contributed by atoms with Crippen LogP contribution in [0.15, 0.2) is 35.2 Å². The highest BCUT2D eigenvalue weighted by molar-refractivity contribution is 8.00. The molecule has 0 aromatic heterocycles. The van der Waals surface area contributed by atoms with Crippen LogP contribution in [0.5, 0.6) is 0 Å². The third kappa shape index (κ3) is 6.15. The summed E-state index contributed by atoms with van der Waals surface area (Å²) in [5, 5.41) is 0.518. The molecule has 1 heterocycles. The number of ether oxygens (including phenoxy) is 1. The average molecular weight is 369 g/mol. The third-order valence-electron chi connectivity index (χ3n) is 3.11. The van der Waals surface area contributed by atoms with Crippen LogP contribution in [0.3, 0.4) is 0 Å².